The molecule has 36 nitrogen and oxygen atoms in total. The Bertz CT molecular complexity index is 2700. The Morgan fingerprint density at radius 1 is 0.439 bits per heavy atom. The fraction of sp³-hybridized carbons (Fsp3) is 0.823. The van der Waals surface area contributed by atoms with E-state index in [0.29, 0.717) is 12.4 Å². The number of ether oxygens (including phenoxy) is 14. The molecule has 0 radical (unpaired) electrons. The Balaban J connectivity index is 0.965. The average molecular weight is 1410 g/mol. The predicted octanol–water partition coefficient (Wildman–Crippen LogP) is -6.52. The van der Waals surface area contributed by atoms with E-state index >= 15 is 0 Å². The number of amides is 5. The second-order valence-corrected chi connectivity index (χ2v) is 25.4. The maximum absolute atomic E-state index is 14.0. The summed E-state index contributed by atoms with van der Waals surface area (Å²) < 4.78 is 83.4. The Hall–Kier alpha value is -4.63. The molecule has 0 spiro atoms. The summed E-state index contributed by atoms with van der Waals surface area (Å²) >= 11 is 0. The third-order valence-electron chi connectivity index (χ3n) is 18.1. The molecule has 1 aromatic rings. The van der Waals surface area contributed by atoms with Gasteiger partial charge in [-0.1, -0.05) is 64.4 Å². The van der Waals surface area contributed by atoms with Crippen LogP contribution in [0.25, 0.3) is 0 Å². The lowest BCUT2D eigenvalue weighted by molar-refractivity contribution is -0.368. The molecule has 17 N–H and O–H groups in total. The van der Waals surface area contributed by atoms with Crippen molar-refractivity contribution in [3.05, 3.63) is 29.8 Å². The van der Waals surface area contributed by atoms with Crippen LogP contribution < -0.4 is 31.3 Å². The minimum atomic E-state index is -2.06. The van der Waals surface area contributed by atoms with Crippen LogP contribution in [0.1, 0.15) is 103 Å². The molecule has 7 aliphatic rings. The summed E-state index contributed by atoms with van der Waals surface area (Å²) in [5.41, 5.74) is 0.0652. The number of fused-ring (bicyclic) bond motifs is 1. The van der Waals surface area contributed by atoms with Gasteiger partial charge in [-0.25, -0.2) is 0 Å². The van der Waals surface area contributed by atoms with Crippen molar-refractivity contribution in [2.75, 3.05) is 46.8 Å². The number of aliphatic hydroxyl groups excluding tert-OH is 12. The van der Waals surface area contributed by atoms with Crippen molar-refractivity contribution < 1.29 is 152 Å². The summed E-state index contributed by atoms with van der Waals surface area (Å²) in [6.07, 6.45) is -31.6. The number of hydrogen-bond acceptors (Lipinski definition) is 31. The molecule has 30 atom stereocenters. The van der Waals surface area contributed by atoms with Gasteiger partial charge in [0.2, 0.25) is 23.6 Å². The first-order valence-corrected chi connectivity index (χ1v) is 33.2. The number of epoxide rings is 1. The highest BCUT2D eigenvalue weighted by Crippen LogP contribution is 2.40. The summed E-state index contributed by atoms with van der Waals surface area (Å²) in [7, 11) is 1.28. The Morgan fingerprint density at radius 3 is 1.31 bits per heavy atom. The van der Waals surface area contributed by atoms with Crippen LogP contribution in [0.2, 0.25) is 0 Å². The summed E-state index contributed by atoms with van der Waals surface area (Å²) in [5.74, 6) is -3.58. The van der Waals surface area contributed by atoms with E-state index in [2.05, 4.69) is 33.5 Å². The van der Waals surface area contributed by atoms with Gasteiger partial charge in [0, 0.05) is 40.4 Å². The van der Waals surface area contributed by atoms with Crippen molar-refractivity contribution in [3.8, 4) is 5.75 Å². The number of rotatable bonds is 33. The number of carbonyl (C=O) groups is 5. The Morgan fingerprint density at radius 2 is 0.857 bits per heavy atom. The van der Waals surface area contributed by atoms with E-state index in [1.807, 2.05) is 0 Å². The topological polar surface area (TPSA) is 521 Å². The third kappa shape index (κ3) is 19.8. The smallest absolute Gasteiger partial charge is 0.251 e. The zero-order valence-electron chi connectivity index (χ0n) is 55.4. The van der Waals surface area contributed by atoms with E-state index in [1.165, 1.54) is 51.3 Å². The zero-order valence-corrected chi connectivity index (χ0v) is 55.4. The van der Waals surface area contributed by atoms with Gasteiger partial charge in [-0.15, -0.1) is 0 Å². The Kier molecular flexibility index (Phi) is 29.9. The number of carbonyl (C=O) groups excluding carboxylic acids is 5. The highest BCUT2D eigenvalue weighted by atomic mass is 16.8. The maximum Gasteiger partial charge on any atom is 0.251 e. The fourth-order valence-electron chi connectivity index (χ4n) is 13.0. The largest absolute Gasteiger partial charge is 0.494 e. The average Bonchev–Trinajstić information content (AvgIpc) is 1.29. The van der Waals surface area contributed by atoms with Gasteiger partial charge in [-0.3, -0.25) is 24.0 Å². The summed E-state index contributed by atoms with van der Waals surface area (Å²) in [5, 5.41) is 148. The molecule has 5 amide bonds. The van der Waals surface area contributed by atoms with Gasteiger partial charge in [0.05, 0.1) is 39.6 Å². The molecule has 7 saturated heterocycles. The normalized spacial score (nSPS) is 40.1. The molecular weight excluding hydrogens is 1310 g/mol. The number of hydrogen-bond donors (Lipinski definition) is 17. The van der Waals surface area contributed by atoms with E-state index < -0.39 is 247 Å². The van der Waals surface area contributed by atoms with Crippen LogP contribution in [0, 0.1) is 0 Å². The molecule has 98 heavy (non-hydrogen) atoms. The minimum absolute atomic E-state index is 0.0652. The lowest BCUT2D eigenvalue weighted by atomic mass is 9.93. The van der Waals surface area contributed by atoms with Gasteiger partial charge in [0.1, 0.15) is 146 Å². The summed E-state index contributed by atoms with van der Waals surface area (Å²) in [6.45, 7) is 2.28. The molecule has 0 bridgehead atoms. The van der Waals surface area contributed by atoms with E-state index in [1.54, 1.807) is 12.1 Å². The second-order valence-electron chi connectivity index (χ2n) is 25.4. The fourth-order valence-corrected chi connectivity index (χ4v) is 13.0. The van der Waals surface area contributed by atoms with Crippen LogP contribution in [-0.4, -0.2) is 322 Å². The molecule has 558 valence electrons. The summed E-state index contributed by atoms with van der Waals surface area (Å²) in [6, 6.07) is -2.30. The summed E-state index contributed by atoms with van der Waals surface area (Å²) in [4.78, 5) is 65.1. The molecule has 0 saturated carbocycles. The van der Waals surface area contributed by atoms with Crippen molar-refractivity contribution in [1.29, 1.82) is 0 Å². The standard InChI is InChI=1S/C62H99N5O31/c1-7-8-9-10-11-12-13-14-15-19-86-31-18-16-17-30(20-31)55(83)67-38-43(77)42(76)32(21-68)89-57(38)93-49-33(22-69)90-58(39(45(49)79)64-27(3)73)94-50-34(23-70)91-59(40(46(50)80)65-28(4)74)95-51-35(24-71)92-60(41(47(51)81)66-29(5)75)96-52-36(88-56(84)37(44(52)78)63-26(2)72)25-87-61-53(85-6)48(82)54-62(97-54)98-61/h16-18,20,32-54,56-62,68-71,76-82,84H,7-15,19,21-25H2,1-6H3,(H,63,72)(H,64,73)(H,65,74)(H,66,75)(H,67,83)/t32?,33-,34?,35-,36?,37-,38-,39?,40-,41?,42+,43+,44-,45?,46-,47?,48+,49+,50?,51+,52?,53+,54?,56?,57?,58-,59-,60?,61+,62?/m0/s1. The molecule has 0 aromatic heterocycles. The van der Waals surface area contributed by atoms with Gasteiger partial charge in [-0.05, 0) is 24.6 Å². The van der Waals surface area contributed by atoms with Crippen LogP contribution >= 0.6 is 0 Å². The van der Waals surface area contributed by atoms with Gasteiger partial charge in [-0.2, -0.15) is 0 Å². The monoisotopic (exact) mass is 1410 g/mol. The number of unbranched alkanes of at least 4 members (excludes halogenated alkanes) is 8. The maximum atomic E-state index is 14.0. The lowest BCUT2D eigenvalue weighted by Crippen LogP contribution is -2.72. The molecule has 7 fully saturated rings. The van der Waals surface area contributed by atoms with Crippen LogP contribution in [0.3, 0.4) is 0 Å². The molecule has 8 rings (SSSR count). The highest BCUT2D eigenvalue weighted by Gasteiger charge is 2.60. The molecular formula is C62H99N5O31. The third-order valence-corrected chi connectivity index (χ3v) is 18.1. The number of aliphatic hydroxyl groups is 12. The van der Waals surface area contributed by atoms with E-state index in [-0.39, 0.29) is 5.56 Å². The van der Waals surface area contributed by atoms with Crippen LogP contribution in [-0.2, 0) is 80.8 Å². The lowest BCUT2D eigenvalue weighted by Gasteiger charge is -2.51. The molecule has 36 heteroatoms. The first kappa shape index (κ1) is 79.1. The van der Waals surface area contributed by atoms with E-state index in [0.717, 1.165) is 53.4 Å². The van der Waals surface area contributed by atoms with Gasteiger partial charge in [0.15, 0.2) is 44.0 Å². The molecule has 14 unspecified atom stereocenters. The number of benzene rings is 1. The van der Waals surface area contributed by atoms with Crippen LogP contribution in [0.4, 0.5) is 0 Å². The van der Waals surface area contributed by atoms with Crippen molar-refractivity contribution in [2.24, 2.45) is 0 Å². The molecule has 7 aliphatic heterocycles. The van der Waals surface area contributed by atoms with Gasteiger partial charge >= 0.3 is 0 Å². The molecule has 1 aromatic carbocycles. The quantitative estimate of drug-likeness (QED) is 0.0230. The van der Waals surface area contributed by atoms with E-state index in [9.17, 15) is 85.3 Å². The second kappa shape index (κ2) is 37.0. The van der Waals surface area contributed by atoms with Crippen molar-refractivity contribution in [3.63, 3.8) is 0 Å². The zero-order chi connectivity index (χ0) is 71.2. The van der Waals surface area contributed by atoms with E-state index in [4.69, 9.17) is 66.3 Å². The van der Waals surface area contributed by atoms with Crippen molar-refractivity contribution in [1.82, 2.24) is 26.6 Å². The first-order valence-electron chi connectivity index (χ1n) is 33.2. The van der Waals surface area contributed by atoms with Crippen molar-refractivity contribution >= 4 is 29.5 Å². The first-order chi connectivity index (χ1) is 46.9. The van der Waals surface area contributed by atoms with Crippen LogP contribution in [0.5, 0.6) is 5.75 Å². The molecule has 0 aliphatic carbocycles. The number of methoxy groups -OCH3 is 1. The van der Waals surface area contributed by atoms with Crippen LogP contribution in [0.15, 0.2) is 24.3 Å². The molecule has 7 heterocycles. The SMILES string of the molecule is CCCCCCCCCCCOc1cccc(C(=O)N[C@@H]2C(O[C@H]3C(O)C(NC(C)=O)[C@H](OC4C(CO)O[C@@H](O[C@H]5C(O)C(NC(C)=O)C(OC6C(CO[C@@H]7OC8OC8[C@H](O)[C@H]7OC)OC(O)[C@@H](NC(C)=O)[C@@H]6O)O[C@H]5CO)[C@@H](NC(C)=O)[C@@H]4O)O[C@H]3CO)OC(CO)[C@@H](O)[C@@H]2O)c1. The minimum Gasteiger partial charge on any atom is -0.494 e. The highest BCUT2D eigenvalue weighted by molar-refractivity contribution is 5.94. The van der Waals surface area contributed by atoms with Gasteiger partial charge < -0.3 is 154 Å². The number of nitrogens with one attached hydrogen (secondary N) is 5. The van der Waals surface area contributed by atoms with Crippen molar-refractivity contribution in [2.45, 2.75) is 277 Å². The Labute approximate surface area is 565 Å². The van der Waals surface area contributed by atoms with Gasteiger partial charge in [0.25, 0.3) is 5.91 Å². The predicted molar refractivity (Wildman–Crippen MR) is 327 cm³/mol.